The predicted octanol–water partition coefficient (Wildman–Crippen LogP) is 4.17. The lowest BCUT2D eigenvalue weighted by Crippen LogP contribution is -2.50. The number of rotatable bonds is 9. The summed E-state index contributed by atoms with van der Waals surface area (Å²) < 4.78 is 5.54. The monoisotopic (exact) mass is 452 g/mol. The van der Waals surface area contributed by atoms with Crippen LogP contribution in [0.15, 0.2) is 48.5 Å². The van der Waals surface area contributed by atoms with E-state index in [0.717, 1.165) is 22.3 Å². The summed E-state index contributed by atoms with van der Waals surface area (Å²) in [5.41, 5.74) is 4.54. The molecule has 1 aliphatic carbocycles. The SMILES string of the molecule is CC[C@H](C)[C@H](NC(=O)C(C)C(C)NC(=O)OCC1c2ccccc2-c2ccccc21)C(=O)O. The molecule has 2 amide bonds. The average Bonchev–Trinajstić information content (AvgIpc) is 3.13. The number of ether oxygens (including phenoxy) is 1. The van der Waals surface area contributed by atoms with Crippen molar-refractivity contribution in [2.75, 3.05) is 6.61 Å². The molecule has 0 saturated heterocycles. The zero-order valence-electron chi connectivity index (χ0n) is 19.5. The molecule has 7 nitrogen and oxygen atoms in total. The van der Waals surface area contributed by atoms with E-state index in [2.05, 4.69) is 22.8 Å². The van der Waals surface area contributed by atoms with E-state index < -0.39 is 36.0 Å². The lowest BCUT2D eigenvalue weighted by molar-refractivity contribution is -0.144. The van der Waals surface area contributed by atoms with E-state index in [4.69, 9.17) is 4.74 Å². The zero-order chi connectivity index (χ0) is 24.1. The second kappa shape index (κ2) is 10.5. The van der Waals surface area contributed by atoms with Crippen molar-refractivity contribution in [1.82, 2.24) is 10.6 Å². The van der Waals surface area contributed by atoms with Crippen LogP contribution in [0.4, 0.5) is 4.79 Å². The van der Waals surface area contributed by atoms with Crippen molar-refractivity contribution in [2.24, 2.45) is 11.8 Å². The summed E-state index contributed by atoms with van der Waals surface area (Å²) in [5.74, 6) is -2.37. The molecule has 0 radical (unpaired) electrons. The normalized spacial score (nSPS) is 16.0. The van der Waals surface area contributed by atoms with Gasteiger partial charge in [0.2, 0.25) is 5.91 Å². The maximum absolute atomic E-state index is 12.6. The molecule has 0 fully saturated rings. The standard InChI is InChI=1S/C26H32N2O5/c1-5-15(2)23(25(30)31)28-24(29)16(3)17(4)27-26(32)33-14-22-20-12-8-6-10-18(20)19-11-7-9-13-21(19)22/h6-13,15-17,22-23H,5,14H2,1-4H3,(H,27,32)(H,28,29)(H,30,31)/t15-,16?,17?,23-/m0/s1. The molecule has 2 unspecified atom stereocenters. The number of alkyl carbamates (subject to hydrolysis) is 1. The minimum Gasteiger partial charge on any atom is -0.480 e. The van der Waals surface area contributed by atoms with Crippen LogP contribution in [0.3, 0.4) is 0 Å². The molecule has 0 heterocycles. The second-order valence-electron chi connectivity index (χ2n) is 8.76. The first kappa shape index (κ1) is 24.3. The van der Waals surface area contributed by atoms with Crippen molar-refractivity contribution in [3.63, 3.8) is 0 Å². The van der Waals surface area contributed by atoms with Crippen LogP contribution in [-0.2, 0) is 14.3 Å². The second-order valence-corrected chi connectivity index (χ2v) is 8.76. The Bertz CT molecular complexity index is 976. The Morgan fingerprint density at radius 2 is 1.48 bits per heavy atom. The highest BCUT2D eigenvalue weighted by molar-refractivity contribution is 5.85. The molecule has 3 N–H and O–H groups in total. The number of carboxylic acid groups (broad SMARTS) is 1. The maximum atomic E-state index is 12.6. The zero-order valence-corrected chi connectivity index (χ0v) is 19.5. The number of carboxylic acids is 1. The number of hydrogen-bond acceptors (Lipinski definition) is 4. The minimum absolute atomic E-state index is 0.0500. The predicted molar refractivity (Wildman–Crippen MR) is 126 cm³/mol. The summed E-state index contributed by atoms with van der Waals surface area (Å²) >= 11 is 0. The minimum atomic E-state index is -1.07. The molecular formula is C26H32N2O5. The lowest BCUT2D eigenvalue weighted by Gasteiger charge is -2.25. The molecule has 33 heavy (non-hydrogen) atoms. The molecule has 2 aromatic carbocycles. The molecule has 0 aromatic heterocycles. The van der Waals surface area contributed by atoms with Crippen molar-refractivity contribution in [1.29, 1.82) is 0 Å². The van der Waals surface area contributed by atoms with Gasteiger partial charge in [0, 0.05) is 12.0 Å². The third-order valence-corrected chi connectivity index (χ3v) is 6.63. The van der Waals surface area contributed by atoms with Crippen molar-refractivity contribution >= 4 is 18.0 Å². The maximum Gasteiger partial charge on any atom is 0.407 e. The van der Waals surface area contributed by atoms with Crippen LogP contribution in [0.25, 0.3) is 11.1 Å². The Labute approximate surface area is 194 Å². The van der Waals surface area contributed by atoms with Gasteiger partial charge in [-0.1, -0.05) is 75.7 Å². The van der Waals surface area contributed by atoms with Crippen LogP contribution in [-0.4, -0.2) is 41.8 Å². The molecule has 176 valence electrons. The Balaban J connectivity index is 1.58. The summed E-state index contributed by atoms with van der Waals surface area (Å²) in [6, 6.07) is 14.7. The van der Waals surface area contributed by atoms with Crippen molar-refractivity contribution in [2.45, 2.75) is 52.1 Å². The van der Waals surface area contributed by atoms with Gasteiger partial charge in [0.1, 0.15) is 12.6 Å². The highest BCUT2D eigenvalue weighted by Gasteiger charge is 2.31. The van der Waals surface area contributed by atoms with Crippen LogP contribution in [0.5, 0.6) is 0 Å². The number of fused-ring (bicyclic) bond motifs is 3. The molecule has 2 aromatic rings. The van der Waals surface area contributed by atoms with Gasteiger partial charge in [-0.2, -0.15) is 0 Å². The Morgan fingerprint density at radius 1 is 0.939 bits per heavy atom. The quantitative estimate of drug-likeness (QED) is 0.530. The first-order chi connectivity index (χ1) is 15.7. The van der Waals surface area contributed by atoms with E-state index in [1.807, 2.05) is 43.3 Å². The molecular weight excluding hydrogens is 420 g/mol. The third-order valence-electron chi connectivity index (χ3n) is 6.63. The van der Waals surface area contributed by atoms with Crippen LogP contribution in [0.1, 0.15) is 51.2 Å². The fourth-order valence-corrected chi connectivity index (χ4v) is 4.15. The van der Waals surface area contributed by atoms with Gasteiger partial charge in [-0.25, -0.2) is 9.59 Å². The molecule has 1 aliphatic rings. The van der Waals surface area contributed by atoms with E-state index in [-0.39, 0.29) is 18.4 Å². The molecule has 0 aliphatic heterocycles. The largest absolute Gasteiger partial charge is 0.480 e. The van der Waals surface area contributed by atoms with E-state index in [0.29, 0.717) is 6.42 Å². The van der Waals surface area contributed by atoms with Crippen LogP contribution in [0.2, 0.25) is 0 Å². The number of carbonyl (C=O) groups excluding carboxylic acids is 2. The van der Waals surface area contributed by atoms with Crippen molar-refractivity contribution in [3.8, 4) is 11.1 Å². The topological polar surface area (TPSA) is 105 Å². The highest BCUT2D eigenvalue weighted by Crippen LogP contribution is 2.44. The van der Waals surface area contributed by atoms with E-state index in [1.54, 1.807) is 20.8 Å². The van der Waals surface area contributed by atoms with Gasteiger partial charge in [-0.05, 0) is 35.1 Å². The lowest BCUT2D eigenvalue weighted by atomic mass is 9.97. The van der Waals surface area contributed by atoms with Gasteiger partial charge >= 0.3 is 12.1 Å². The Hall–Kier alpha value is -3.35. The smallest absolute Gasteiger partial charge is 0.407 e. The first-order valence-electron chi connectivity index (χ1n) is 11.4. The van der Waals surface area contributed by atoms with Crippen molar-refractivity contribution in [3.05, 3.63) is 59.7 Å². The molecule has 4 atom stereocenters. The third kappa shape index (κ3) is 5.35. The summed E-state index contributed by atoms with van der Waals surface area (Å²) in [6.45, 7) is 7.19. The van der Waals surface area contributed by atoms with Crippen LogP contribution < -0.4 is 10.6 Å². The highest BCUT2D eigenvalue weighted by atomic mass is 16.5. The Morgan fingerprint density at radius 3 is 2.00 bits per heavy atom. The van der Waals surface area contributed by atoms with Gasteiger partial charge in [0.05, 0.1) is 5.92 Å². The fourth-order valence-electron chi connectivity index (χ4n) is 4.15. The molecule has 0 saturated carbocycles. The van der Waals surface area contributed by atoms with Crippen molar-refractivity contribution < 1.29 is 24.2 Å². The first-order valence-corrected chi connectivity index (χ1v) is 11.4. The summed E-state index contributed by atoms with van der Waals surface area (Å²) in [7, 11) is 0. The van der Waals surface area contributed by atoms with Gasteiger partial charge in [-0.3, -0.25) is 4.79 Å². The van der Waals surface area contributed by atoms with E-state index in [9.17, 15) is 19.5 Å². The van der Waals surface area contributed by atoms with Gasteiger partial charge in [0.15, 0.2) is 0 Å². The van der Waals surface area contributed by atoms with E-state index >= 15 is 0 Å². The number of hydrogen-bond donors (Lipinski definition) is 3. The number of nitrogens with one attached hydrogen (secondary N) is 2. The molecule has 7 heteroatoms. The molecule has 0 bridgehead atoms. The van der Waals surface area contributed by atoms with Crippen LogP contribution >= 0.6 is 0 Å². The number of aliphatic carboxylic acids is 1. The van der Waals surface area contributed by atoms with E-state index in [1.165, 1.54) is 0 Å². The molecule has 3 rings (SSSR count). The fraction of sp³-hybridized carbons (Fsp3) is 0.423. The van der Waals surface area contributed by atoms with Gasteiger partial charge in [0.25, 0.3) is 0 Å². The van der Waals surface area contributed by atoms with Crippen LogP contribution in [0, 0.1) is 11.8 Å². The van der Waals surface area contributed by atoms with Gasteiger partial charge < -0.3 is 20.5 Å². The summed E-state index contributed by atoms with van der Waals surface area (Å²) in [6.07, 6.45) is 0.0137. The van der Waals surface area contributed by atoms with Gasteiger partial charge in [-0.15, -0.1) is 0 Å². The summed E-state index contributed by atoms with van der Waals surface area (Å²) in [5, 5.41) is 14.7. The average molecular weight is 453 g/mol. The number of amides is 2. The Kier molecular flexibility index (Phi) is 7.74. The number of carbonyl (C=O) groups is 3. The number of benzene rings is 2. The summed E-state index contributed by atoms with van der Waals surface area (Å²) in [4.78, 5) is 36.6. The molecule has 0 spiro atoms.